The number of methoxy groups -OCH3 is 1. The Morgan fingerprint density at radius 1 is 1.00 bits per heavy atom. The van der Waals surface area contributed by atoms with Gasteiger partial charge >= 0.3 is 0 Å². The zero-order valence-electron chi connectivity index (χ0n) is 20.7. The second-order valence-corrected chi connectivity index (χ2v) is 9.03. The third kappa shape index (κ3) is 6.18. The van der Waals surface area contributed by atoms with Crippen molar-refractivity contribution in [3.8, 4) is 16.9 Å². The molecule has 0 radical (unpaired) electrons. The average molecular weight is 488 g/mol. The number of aromatic nitrogens is 2. The second-order valence-electron chi connectivity index (χ2n) is 9.03. The van der Waals surface area contributed by atoms with Crippen LogP contribution in [0, 0.1) is 0 Å². The molecule has 0 saturated carbocycles. The Labute approximate surface area is 215 Å². The van der Waals surface area contributed by atoms with Gasteiger partial charge in [0.05, 0.1) is 26.0 Å². The van der Waals surface area contributed by atoms with Crippen molar-refractivity contribution in [3.63, 3.8) is 0 Å². The SMILES string of the molecule is COc1ccc(-c2cccc3cnc(Nc4cccc(COCNCCN5CCCC5)c4)nc23)cc1.[HH].[HH]. The van der Waals surface area contributed by atoms with E-state index in [0.29, 0.717) is 19.3 Å². The predicted molar refractivity (Wildman–Crippen MR) is 149 cm³/mol. The molecule has 2 N–H and O–H groups in total. The summed E-state index contributed by atoms with van der Waals surface area (Å²) in [5.74, 6) is 1.39. The summed E-state index contributed by atoms with van der Waals surface area (Å²) in [5, 5.41) is 7.72. The summed E-state index contributed by atoms with van der Waals surface area (Å²) in [6.45, 7) is 5.60. The highest BCUT2D eigenvalue weighted by Crippen LogP contribution is 2.29. The first-order valence-corrected chi connectivity index (χ1v) is 12.6. The van der Waals surface area contributed by atoms with E-state index >= 15 is 0 Å². The third-order valence-electron chi connectivity index (χ3n) is 6.47. The molecule has 36 heavy (non-hydrogen) atoms. The smallest absolute Gasteiger partial charge is 0.227 e. The number of ether oxygens (including phenoxy) is 2. The van der Waals surface area contributed by atoms with Crippen LogP contribution in [-0.2, 0) is 11.3 Å². The van der Waals surface area contributed by atoms with Crippen LogP contribution in [0.2, 0.25) is 0 Å². The van der Waals surface area contributed by atoms with Crippen molar-refractivity contribution < 1.29 is 12.3 Å². The van der Waals surface area contributed by atoms with Crippen LogP contribution in [0.4, 0.5) is 11.6 Å². The molecular formula is C29H37N5O2. The van der Waals surface area contributed by atoms with Crippen LogP contribution in [-0.4, -0.2) is 54.9 Å². The molecule has 1 aliphatic heterocycles. The van der Waals surface area contributed by atoms with Gasteiger partial charge in [0.25, 0.3) is 0 Å². The highest BCUT2D eigenvalue weighted by molar-refractivity contribution is 5.93. The van der Waals surface area contributed by atoms with E-state index in [1.807, 2.05) is 54.7 Å². The first-order chi connectivity index (χ1) is 17.8. The number of anilines is 2. The number of nitrogens with zero attached hydrogens (tertiary/aromatic N) is 3. The van der Waals surface area contributed by atoms with E-state index in [0.717, 1.165) is 52.1 Å². The maximum atomic E-state index is 5.83. The van der Waals surface area contributed by atoms with Crippen LogP contribution in [0.5, 0.6) is 5.75 Å². The Morgan fingerprint density at radius 2 is 1.83 bits per heavy atom. The van der Waals surface area contributed by atoms with Crippen molar-refractivity contribution >= 4 is 22.5 Å². The number of hydrogen-bond donors (Lipinski definition) is 2. The van der Waals surface area contributed by atoms with Crippen LogP contribution < -0.4 is 15.4 Å². The summed E-state index contributed by atoms with van der Waals surface area (Å²) >= 11 is 0. The van der Waals surface area contributed by atoms with Gasteiger partial charge in [0, 0.05) is 38.8 Å². The van der Waals surface area contributed by atoms with Gasteiger partial charge in [-0.1, -0.05) is 42.5 Å². The van der Waals surface area contributed by atoms with Crippen LogP contribution in [0.15, 0.2) is 72.9 Å². The molecule has 0 aliphatic carbocycles. The highest BCUT2D eigenvalue weighted by Gasteiger charge is 2.10. The van der Waals surface area contributed by atoms with Gasteiger partial charge in [-0.2, -0.15) is 0 Å². The normalized spacial score (nSPS) is 13.8. The number of fused-ring (bicyclic) bond motifs is 1. The van der Waals surface area contributed by atoms with Crippen LogP contribution in [0.25, 0.3) is 22.0 Å². The van der Waals surface area contributed by atoms with Crippen LogP contribution in [0.1, 0.15) is 21.3 Å². The highest BCUT2D eigenvalue weighted by atomic mass is 16.5. The van der Waals surface area contributed by atoms with Crippen molar-refractivity contribution in [1.82, 2.24) is 20.2 Å². The van der Waals surface area contributed by atoms with Crippen LogP contribution in [0.3, 0.4) is 0 Å². The number of para-hydroxylation sites is 1. The summed E-state index contributed by atoms with van der Waals surface area (Å²) in [4.78, 5) is 11.9. The zero-order chi connectivity index (χ0) is 24.6. The van der Waals surface area contributed by atoms with E-state index in [1.165, 1.54) is 25.9 Å². The molecule has 0 amide bonds. The molecule has 2 heterocycles. The molecule has 1 aromatic heterocycles. The molecule has 7 nitrogen and oxygen atoms in total. The number of hydrogen-bond acceptors (Lipinski definition) is 7. The molecule has 1 saturated heterocycles. The molecule has 7 heteroatoms. The van der Waals surface area contributed by atoms with Gasteiger partial charge in [-0.3, -0.25) is 5.32 Å². The maximum absolute atomic E-state index is 5.83. The van der Waals surface area contributed by atoms with Crippen molar-refractivity contribution in [3.05, 3.63) is 78.5 Å². The summed E-state index contributed by atoms with van der Waals surface area (Å²) in [6, 6.07) is 22.3. The van der Waals surface area contributed by atoms with Crippen molar-refractivity contribution in [1.29, 1.82) is 0 Å². The fourth-order valence-electron chi connectivity index (χ4n) is 4.54. The van der Waals surface area contributed by atoms with E-state index in [-0.39, 0.29) is 2.85 Å². The molecule has 5 rings (SSSR count). The Morgan fingerprint density at radius 3 is 2.67 bits per heavy atom. The Kier molecular flexibility index (Phi) is 8.03. The van der Waals surface area contributed by atoms with Gasteiger partial charge in [0.1, 0.15) is 5.75 Å². The third-order valence-corrected chi connectivity index (χ3v) is 6.47. The lowest BCUT2D eigenvalue weighted by Crippen LogP contribution is -2.31. The van der Waals surface area contributed by atoms with E-state index in [9.17, 15) is 0 Å². The average Bonchev–Trinajstić information content (AvgIpc) is 3.44. The van der Waals surface area contributed by atoms with Crippen LogP contribution >= 0.6 is 0 Å². The standard InChI is InChI=1S/C29H33N5O2.2H2/c1-35-26-12-10-23(11-13-26)27-9-5-7-24-19-31-29(33-28(24)27)32-25-8-4-6-22(18-25)20-36-21-30-14-17-34-15-2-3-16-34;;/h4-13,18-19,30H,2-3,14-17,20-21H2,1H3,(H,31,32,33);2*1H. The minimum atomic E-state index is 0. The van der Waals surface area contributed by atoms with Gasteiger partial charge in [-0.15, -0.1) is 0 Å². The maximum Gasteiger partial charge on any atom is 0.227 e. The predicted octanol–water partition coefficient (Wildman–Crippen LogP) is 5.70. The summed E-state index contributed by atoms with van der Waals surface area (Å²) in [7, 11) is 1.67. The lowest BCUT2D eigenvalue weighted by atomic mass is 10.0. The molecule has 0 atom stereocenters. The fraction of sp³-hybridized carbons (Fsp3) is 0.310. The van der Waals surface area contributed by atoms with Gasteiger partial charge in [-0.25, -0.2) is 9.97 Å². The first kappa shape index (κ1) is 24.2. The fourth-order valence-corrected chi connectivity index (χ4v) is 4.54. The molecule has 4 aromatic rings. The monoisotopic (exact) mass is 487 g/mol. The molecule has 0 bridgehead atoms. The van der Waals surface area contributed by atoms with Gasteiger partial charge in [-0.05, 0) is 61.3 Å². The number of rotatable bonds is 11. The Bertz CT molecular complexity index is 1280. The number of likely N-dealkylation sites (tertiary alicyclic amines) is 1. The van der Waals surface area contributed by atoms with Gasteiger partial charge in [0.15, 0.2) is 0 Å². The van der Waals surface area contributed by atoms with E-state index in [4.69, 9.17) is 14.5 Å². The minimum absolute atomic E-state index is 0. The summed E-state index contributed by atoms with van der Waals surface area (Å²) in [6.07, 6.45) is 4.52. The summed E-state index contributed by atoms with van der Waals surface area (Å²) < 4.78 is 11.1. The van der Waals surface area contributed by atoms with E-state index in [2.05, 4.69) is 38.7 Å². The molecule has 190 valence electrons. The lowest BCUT2D eigenvalue weighted by Gasteiger charge is -2.14. The van der Waals surface area contributed by atoms with Gasteiger partial charge in [0.2, 0.25) is 5.95 Å². The molecule has 3 aromatic carbocycles. The summed E-state index contributed by atoms with van der Waals surface area (Å²) in [5.41, 5.74) is 5.07. The first-order valence-electron chi connectivity index (χ1n) is 12.6. The zero-order valence-corrected chi connectivity index (χ0v) is 20.7. The molecule has 1 fully saturated rings. The molecular weight excluding hydrogens is 450 g/mol. The van der Waals surface area contributed by atoms with Crippen molar-refractivity contribution in [2.24, 2.45) is 0 Å². The molecule has 0 spiro atoms. The second kappa shape index (κ2) is 11.9. The van der Waals surface area contributed by atoms with E-state index in [1.54, 1.807) is 7.11 Å². The lowest BCUT2D eigenvalue weighted by molar-refractivity contribution is 0.102. The quantitative estimate of drug-likeness (QED) is 0.208. The topological polar surface area (TPSA) is 71.5 Å². The van der Waals surface area contributed by atoms with Crippen molar-refractivity contribution in [2.75, 3.05) is 45.3 Å². The largest absolute Gasteiger partial charge is 0.497 e. The number of benzene rings is 3. The Hall–Kier alpha value is -3.52. The molecule has 1 aliphatic rings. The Balaban J connectivity index is 0.00000200. The minimum Gasteiger partial charge on any atom is -0.497 e. The van der Waals surface area contributed by atoms with E-state index < -0.39 is 0 Å². The van der Waals surface area contributed by atoms with Gasteiger partial charge < -0.3 is 19.7 Å². The molecule has 0 unspecified atom stereocenters. The number of nitrogens with one attached hydrogen (secondary N) is 2. The van der Waals surface area contributed by atoms with Crippen molar-refractivity contribution in [2.45, 2.75) is 19.4 Å².